The van der Waals surface area contributed by atoms with E-state index < -0.39 is 28.4 Å². The van der Waals surface area contributed by atoms with Gasteiger partial charge in [0.2, 0.25) is 0 Å². The molecule has 3 atom stereocenters. The summed E-state index contributed by atoms with van der Waals surface area (Å²) in [5, 5.41) is 20.9. The molecule has 1 aliphatic carbocycles. The molecule has 0 aromatic heterocycles. The maximum Gasteiger partial charge on any atom is 0.362 e. The first-order chi connectivity index (χ1) is 20.2. The lowest BCUT2D eigenvalue weighted by molar-refractivity contribution is -0.191. The van der Waals surface area contributed by atoms with E-state index in [4.69, 9.17) is 18.3 Å². The number of rotatable bonds is 15. The average molecular weight is 647 g/mol. The normalized spacial score (nSPS) is 20.0. The Balaban J connectivity index is 2.11. The van der Waals surface area contributed by atoms with E-state index >= 15 is 0 Å². The van der Waals surface area contributed by atoms with Gasteiger partial charge in [-0.15, -0.1) is 5.73 Å². The van der Waals surface area contributed by atoms with Crippen molar-refractivity contribution >= 4 is 22.6 Å². The van der Waals surface area contributed by atoms with Gasteiger partial charge in [-0.2, -0.15) is 0 Å². The third kappa shape index (κ3) is 10.5. The van der Waals surface area contributed by atoms with Gasteiger partial charge in [0, 0.05) is 6.42 Å². The van der Waals surface area contributed by atoms with Gasteiger partial charge in [0.25, 0.3) is 5.79 Å². The summed E-state index contributed by atoms with van der Waals surface area (Å²) in [6, 6.07) is 7.54. The van der Waals surface area contributed by atoms with Crippen LogP contribution in [0.15, 0.2) is 54.3 Å². The maximum absolute atomic E-state index is 12.9. The van der Waals surface area contributed by atoms with Crippen LogP contribution in [-0.4, -0.2) is 58.4 Å². The van der Waals surface area contributed by atoms with Crippen molar-refractivity contribution < 1.29 is 33.3 Å². The van der Waals surface area contributed by atoms with Crippen molar-refractivity contribution in [3.8, 4) is 11.5 Å². The molecule has 44 heavy (non-hydrogen) atoms. The molecule has 1 aromatic carbocycles. The van der Waals surface area contributed by atoms with Gasteiger partial charge < -0.3 is 28.5 Å². The number of aliphatic hydroxyl groups excluding tert-OH is 1. The van der Waals surface area contributed by atoms with Crippen LogP contribution < -0.4 is 9.47 Å². The van der Waals surface area contributed by atoms with Gasteiger partial charge in [0.15, 0.2) is 16.6 Å². The fourth-order valence-corrected chi connectivity index (χ4v) is 7.49. The number of methoxy groups -OCH3 is 1. The van der Waals surface area contributed by atoms with Gasteiger partial charge in [0.05, 0.1) is 19.8 Å². The molecule has 0 unspecified atom stereocenters. The lowest BCUT2D eigenvalue weighted by atomic mass is 9.91. The zero-order chi connectivity index (χ0) is 33.4. The molecule has 2 N–H and O–H groups in total. The number of ether oxygens (including phenoxy) is 2. The molecule has 0 spiro atoms. The molecule has 1 saturated carbocycles. The average Bonchev–Trinajstić information content (AvgIpc) is 3.25. The predicted octanol–water partition coefficient (Wildman–Crippen LogP) is 8.72. The largest absolute Gasteiger partial charge is 0.497 e. The molecule has 0 aliphatic heterocycles. The Labute approximate surface area is 268 Å². The van der Waals surface area contributed by atoms with Crippen molar-refractivity contribution in [3.05, 3.63) is 54.3 Å². The monoisotopic (exact) mass is 646 g/mol. The van der Waals surface area contributed by atoms with E-state index in [0.717, 1.165) is 30.8 Å². The van der Waals surface area contributed by atoms with E-state index in [1.165, 1.54) is 0 Å². The molecule has 1 fully saturated rings. The summed E-state index contributed by atoms with van der Waals surface area (Å²) < 4.78 is 24.2. The summed E-state index contributed by atoms with van der Waals surface area (Å²) in [7, 11) is -3.38. The van der Waals surface area contributed by atoms with Crippen LogP contribution in [-0.2, 0) is 13.6 Å². The minimum absolute atomic E-state index is 0.0581. The third-order valence-corrected chi connectivity index (χ3v) is 18.5. The molecule has 0 saturated heterocycles. The smallest absolute Gasteiger partial charge is 0.362 e. The van der Waals surface area contributed by atoms with Gasteiger partial charge in [-0.3, -0.25) is 0 Å². The van der Waals surface area contributed by atoms with E-state index in [1.54, 1.807) is 13.2 Å². The molecule has 0 heterocycles. The zero-order valence-corrected chi connectivity index (χ0v) is 31.0. The SMILES string of the molecule is COc1ccc(OCCC=C[C@H]2CC[C@H](O)[C@@H]2CC=C=CCC(O[Si](C)(C)C(C)(C)C)(O[Si](C)(C)C(C)(C)C)C(=O)O)cc1. The molecule has 1 aliphatic rings. The molecular formula is C35H58O7Si2. The summed E-state index contributed by atoms with van der Waals surface area (Å²) in [6.45, 7) is 21.4. The Morgan fingerprint density at radius 1 is 0.932 bits per heavy atom. The number of carboxylic acids is 1. The van der Waals surface area contributed by atoms with Crippen molar-refractivity contribution in [2.45, 2.75) is 122 Å². The Morgan fingerprint density at radius 3 is 1.98 bits per heavy atom. The molecule has 0 bridgehead atoms. The van der Waals surface area contributed by atoms with Gasteiger partial charge >= 0.3 is 5.97 Å². The van der Waals surface area contributed by atoms with Crippen LogP contribution in [0.5, 0.6) is 11.5 Å². The highest BCUT2D eigenvalue weighted by atomic mass is 28.4. The van der Waals surface area contributed by atoms with Crippen molar-refractivity contribution in [1.82, 2.24) is 0 Å². The molecule has 1 aromatic rings. The van der Waals surface area contributed by atoms with Crippen molar-refractivity contribution in [3.63, 3.8) is 0 Å². The minimum Gasteiger partial charge on any atom is -0.497 e. The Hall–Kier alpha value is -2.14. The quantitative estimate of drug-likeness (QED) is 0.0647. The summed E-state index contributed by atoms with van der Waals surface area (Å²) in [5.74, 6) is -0.915. The van der Waals surface area contributed by atoms with E-state index in [2.05, 4.69) is 85.6 Å². The number of carboxylic acid groups (broad SMARTS) is 1. The van der Waals surface area contributed by atoms with Crippen LogP contribution >= 0.6 is 0 Å². The minimum atomic E-state index is -2.51. The summed E-state index contributed by atoms with van der Waals surface area (Å²) in [5.41, 5.74) is 3.21. The number of aliphatic hydroxyl groups is 1. The highest BCUT2D eigenvalue weighted by Gasteiger charge is 2.54. The predicted molar refractivity (Wildman–Crippen MR) is 183 cm³/mol. The molecular weight excluding hydrogens is 589 g/mol. The fourth-order valence-electron chi connectivity index (χ4n) is 4.73. The molecule has 9 heteroatoms. The van der Waals surface area contributed by atoms with Crippen LogP contribution in [0, 0.1) is 11.8 Å². The van der Waals surface area contributed by atoms with Crippen LogP contribution in [0.1, 0.15) is 73.6 Å². The number of aliphatic carboxylic acids is 1. The fraction of sp³-hybridized carbons (Fsp3) is 0.657. The summed E-state index contributed by atoms with van der Waals surface area (Å²) >= 11 is 0. The van der Waals surface area contributed by atoms with Gasteiger partial charge in [-0.25, -0.2) is 4.79 Å². The Morgan fingerprint density at radius 2 is 1.48 bits per heavy atom. The standard InChI is InChI=1S/C35H58O7Si2/c1-33(2,3)43(8,9)41-35(32(37)38,42-44(10,11)34(4,5)6)25-15-12-13-18-30-27(19-24-31(30)36)17-14-16-26-40-29-22-20-28(39-7)21-23-29/h13-15,17,20-23,27,30-31,36H,16,18-19,24-26H2,1-11H3,(H,37,38)/t12?,27-,30+,31-/m0/s1. The summed E-state index contributed by atoms with van der Waals surface area (Å²) in [4.78, 5) is 12.9. The van der Waals surface area contributed by atoms with Crippen molar-refractivity contribution in [2.24, 2.45) is 11.8 Å². The van der Waals surface area contributed by atoms with E-state index in [0.29, 0.717) is 13.0 Å². The second-order valence-electron chi connectivity index (χ2n) is 15.0. The second kappa shape index (κ2) is 15.4. The van der Waals surface area contributed by atoms with Gasteiger partial charge in [-0.05, 0) is 110 Å². The number of benzene rings is 1. The molecule has 0 amide bonds. The molecule has 2 rings (SSSR count). The first-order valence-corrected chi connectivity index (χ1v) is 21.7. The Kier molecular flexibility index (Phi) is 13.3. The first-order valence-electron chi connectivity index (χ1n) is 15.9. The second-order valence-corrected chi connectivity index (χ2v) is 24.5. The molecule has 0 radical (unpaired) electrons. The van der Waals surface area contributed by atoms with Crippen LogP contribution in [0.3, 0.4) is 0 Å². The van der Waals surface area contributed by atoms with E-state index in [-0.39, 0.29) is 34.4 Å². The maximum atomic E-state index is 12.9. The number of hydrogen-bond donors (Lipinski definition) is 2. The van der Waals surface area contributed by atoms with Crippen LogP contribution in [0.25, 0.3) is 0 Å². The van der Waals surface area contributed by atoms with E-state index in [9.17, 15) is 15.0 Å². The number of hydrogen-bond acceptors (Lipinski definition) is 6. The zero-order valence-electron chi connectivity index (χ0n) is 29.0. The highest BCUT2D eigenvalue weighted by Crippen LogP contribution is 2.45. The summed E-state index contributed by atoms with van der Waals surface area (Å²) in [6.07, 6.45) is 10.8. The van der Waals surface area contributed by atoms with Crippen molar-refractivity contribution in [2.75, 3.05) is 13.7 Å². The molecule has 7 nitrogen and oxygen atoms in total. The lowest BCUT2D eigenvalue weighted by Gasteiger charge is -2.48. The third-order valence-electron chi connectivity index (χ3n) is 9.61. The number of allylic oxidation sites excluding steroid dienone is 1. The lowest BCUT2D eigenvalue weighted by Crippen LogP contribution is -2.60. The van der Waals surface area contributed by atoms with Gasteiger partial charge in [-0.1, -0.05) is 53.7 Å². The highest BCUT2D eigenvalue weighted by molar-refractivity contribution is 6.75. The Bertz CT molecular complexity index is 1130. The topological polar surface area (TPSA) is 94.5 Å². The van der Waals surface area contributed by atoms with Crippen LogP contribution in [0.2, 0.25) is 36.3 Å². The van der Waals surface area contributed by atoms with Crippen molar-refractivity contribution in [1.29, 1.82) is 0 Å². The number of carbonyl (C=O) groups is 1. The first kappa shape index (κ1) is 38.0. The van der Waals surface area contributed by atoms with E-state index in [1.807, 2.05) is 30.3 Å². The van der Waals surface area contributed by atoms with Crippen LogP contribution in [0.4, 0.5) is 0 Å². The molecule has 248 valence electrons. The van der Waals surface area contributed by atoms with Gasteiger partial charge in [0.1, 0.15) is 11.5 Å².